The SMILES string of the molecule is CCN=C1S/C(=C/c2ccccc2Br)C(=O)N1CC. The highest BCUT2D eigenvalue weighted by Gasteiger charge is 2.31. The average Bonchev–Trinajstić information content (AvgIpc) is 2.69. The normalized spacial score (nSPS) is 19.7. The van der Waals surface area contributed by atoms with Crippen molar-refractivity contribution in [3.8, 4) is 0 Å². The summed E-state index contributed by atoms with van der Waals surface area (Å²) in [5.74, 6) is 0.0375. The number of hydrogen-bond acceptors (Lipinski definition) is 3. The Labute approximate surface area is 125 Å². The van der Waals surface area contributed by atoms with Crippen LogP contribution in [0, 0.1) is 0 Å². The van der Waals surface area contributed by atoms with Gasteiger partial charge in [0.1, 0.15) is 0 Å². The molecule has 1 aromatic carbocycles. The molecule has 0 aliphatic carbocycles. The van der Waals surface area contributed by atoms with Gasteiger partial charge < -0.3 is 0 Å². The number of benzene rings is 1. The summed E-state index contributed by atoms with van der Waals surface area (Å²) in [4.78, 5) is 19.1. The van der Waals surface area contributed by atoms with E-state index in [1.54, 1.807) is 4.90 Å². The second-order valence-corrected chi connectivity index (χ2v) is 5.80. The summed E-state index contributed by atoms with van der Waals surface area (Å²) in [6.45, 7) is 5.28. The lowest BCUT2D eigenvalue weighted by molar-refractivity contribution is -0.122. The second kappa shape index (κ2) is 6.39. The van der Waals surface area contributed by atoms with Crippen LogP contribution < -0.4 is 0 Å². The second-order valence-electron chi connectivity index (χ2n) is 3.94. The van der Waals surface area contributed by atoms with E-state index in [-0.39, 0.29) is 5.91 Å². The van der Waals surface area contributed by atoms with Crippen molar-refractivity contribution in [2.24, 2.45) is 4.99 Å². The molecule has 1 saturated heterocycles. The van der Waals surface area contributed by atoms with Crippen molar-refractivity contribution in [3.05, 3.63) is 39.2 Å². The summed E-state index contributed by atoms with van der Waals surface area (Å²) >= 11 is 4.94. The maximum Gasteiger partial charge on any atom is 0.266 e. The van der Waals surface area contributed by atoms with Crippen molar-refractivity contribution in [2.75, 3.05) is 13.1 Å². The van der Waals surface area contributed by atoms with Crippen LogP contribution in [0.5, 0.6) is 0 Å². The van der Waals surface area contributed by atoms with Crippen molar-refractivity contribution in [2.45, 2.75) is 13.8 Å². The van der Waals surface area contributed by atoms with Crippen LogP contribution in [-0.4, -0.2) is 29.1 Å². The van der Waals surface area contributed by atoms with Crippen molar-refractivity contribution in [1.82, 2.24) is 4.90 Å². The minimum absolute atomic E-state index is 0.0375. The van der Waals surface area contributed by atoms with Crippen LogP contribution in [0.3, 0.4) is 0 Å². The zero-order chi connectivity index (χ0) is 13.8. The molecule has 1 aromatic rings. The van der Waals surface area contributed by atoms with Crippen LogP contribution in [0.4, 0.5) is 0 Å². The molecule has 0 N–H and O–H groups in total. The molecule has 1 aliphatic heterocycles. The Morgan fingerprint density at radius 3 is 2.74 bits per heavy atom. The molecule has 0 unspecified atom stereocenters. The van der Waals surface area contributed by atoms with Crippen LogP contribution in [0.25, 0.3) is 6.08 Å². The van der Waals surface area contributed by atoms with Crippen molar-refractivity contribution >= 4 is 44.8 Å². The van der Waals surface area contributed by atoms with E-state index < -0.39 is 0 Å². The van der Waals surface area contributed by atoms with E-state index in [4.69, 9.17) is 0 Å². The first-order valence-corrected chi connectivity index (χ1v) is 7.78. The molecule has 19 heavy (non-hydrogen) atoms. The molecular formula is C14H15BrN2OS. The number of nitrogens with zero attached hydrogens (tertiary/aromatic N) is 2. The molecule has 0 aromatic heterocycles. The average molecular weight is 339 g/mol. The number of aliphatic imine (C=N–C) groups is 1. The van der Waals surface area contributed by atoms with Crippen LogP contribution >= 0.6 is 27.7 Å². The van der Waals surface area contributed by atoms with Gasteiger partial charge in [-0.15, -0.1) is 0 Å². The van der Waals surface area contributed by atoms with Gasteiger partial charge in [0.15, 0.2) is 5.17 Å². The highest BCUT2D eigenvalue weighted by atomic mass is 79.9. The van der Waals surface area contributed by atoms with Gasteiger partial charge in [-0.1, -0.05) is 34.1 Å². The third-order valence-electron chi connectivity index (χ3n) is 2.69. The standard InChI is InChI=1S/C14H15BrN2OS/c1-3-16-14-17(4-2)13(18)12(19-14)9-10-7-5-6-8-11(10)15/h5-9H,3-4H2,1-2H3/b12-9+,16-14?. The molecule has 3 nitrogen and oxygen atoms in total. The molecule has 0 spiro atoms. The summed E-state index contributed by atoms with van der Waals surface area (Å²) in [7, 11) is 0. The predicted molar refractivity (Wildman–Crippen MR) is 85.1 cm³/mol. The maximum atomic E-state index is 12.3. The largest absolute Gasteiger partial charge is 0.287 e. The first kappa shape index (κ1) is 14.3. The zero-order valence-corrected chi connectivity index (χ0v) is 13.3. The number of amides is 1. The Bertz CT molecular complexity index is 554. The first-order valence-electron chi connectivity index (χ1n) is 6.17. The van der Waals surface area contributed by atoms with Gasteiger partial charge in [0.25, 0.3) is 5.91 Å². The molecular weight excluding hydrogens is 324 g/mol. The van der Waals surface area contributed by atoms with Crippen LogP contribution in [0.15, 0.2) is 38.6 Å². The molecule has 0 atom stereocenters. The highest BCUT2D eigenvalue weighted by molar-refractivity contribution is 9.10. The van der Waals surface area contributed by atoms with Crippen molar-refractivity contribution in [3.63, 3.8) is 0 Å². The number of thioether (sulfide) groups is 1. The van der Waals surface area contributed by atoms with Gasteiger partial charge >= 0.3 is 0 Å². The number of amidine groups is 1. The maximum absolute atomic E-state index is 12.3. The fourth-order valence-electron chi connectivity index (χ4n) is 1.77. The van der Waals surface area contributed by atoms with E-state index in [1.807, 2.05) is 44.2 Å². The topological polar surface area (TPSA) is 32.7 Å². The summed E-state index contributed by atoms with van der Waals surface area (Å²) in [5, 5.41) is 0.799. The van der Waals surface area contributed by atoms with Gasteiger partial charge in [0, 0.05) is 17.6 Å². The predicted octanol–water partition coefficient (Wildman–Crippen LogP) is 3.76. The van der Waals surface area contributed by atoms with Crippen molar-refractivity contribution < 1.29 is 4.79 Å². The molecule has 100 valence electrons. The van der Waals surface area contributed by atoms with Crippen LogP contribution in [0.1, 0.15) is 19.4 Å². The highest BCUT2D eigenvalue weighted by Crippen LogP contribution is 2.33. The van der Waals surface area contributed by atoms with Gasteiger partial charge in [-0.25, -0.2) is 0 Å². The number of likely N-dealkylation sites (N-methyl/N-ethyl adjacent to an activating group) is 1. The Morgan fingerprint density at radius 1 is 1.37 bits per heavy atom. The van der Waals surface area contributed by atoms with Crippen LogP contribution in [-0.2, 0) is 4.79 Å². The third-order valence-corrected chi connectivity index (χ3v) is 4.46. The minimum Gasteiger partial charge on any atom is -0.287 e. The third kappa shape index (κ3) is 3.09. The Balaban J connectivity index is 2.34. The smallest absolute Gasteiger partial charge is 0.266 e. The van der Waals surface area contributed by atoms with Gasteiger partial charge in [-0.05, 0) is 43.3 Å². The minimum atomic E-state index is 0.0375. The molecule has 1 aliphatic rings. The van der Waals surface area contributed by atoms with Gasteiger partial charge in [-0.2, -0.15) is 0 Å². The monoisotopic (exact) mass is 338 g/mol. The molecule has 5 heteroatoms. The number of rotatable bonds is 3. The zero-order valence-electron chi connectivity index (χ0n) is 10.9. The summed E-state index contributed by atoms with van der Waals surface area (Å²) < 4.78 is 0.986. The quantitative estimate of drug-likeness (QED) is 0.786. The summed E-state index contributed by atoms with van der Waals surface area (Å²) in [6.07, 6.45) is 1.91. The molecule has 2 rings (SSSR count). The Morgan fingerprint density at radius 2 is 2.11 bits per heavy atom. The van der Waals surface area contributed by atoms with E-state index in [2.05, 4.69) is 20.9 Å². The number of halogens is 1. The van der Waals surface area contributed by atoms with E-state index >= 15 is 0 Å². The fourth-order valence-corrected chi connectivity index (χ4v) is 3.27. The molecule has 0 bridgehead atoms. The van der Waals surface area contributed by atoms with Crippen LogP contribution in [0.2, 0.25) is 0 Å². The van der Waals surface area contributed by atoms with Crippen molar-refractivity contribution in [1.29, 1.82) is 0 Å². The lowest BCUT2D eigenvalue weighted by Gasteiger charge is -2.11. The van der Waals surface area contributed by atoms with Gasteiger partial charge in [0.2, 0.25) is 0 Å². The molecule has 0 saturated carbocycles. The molecule has 1 fully saturated rings. The van der Waals surface area contributed by atoms with E-state index in [0.29, 0.717) is 13.1 Å². The first-order chi connectivity index (χ1) is 9.17. The van der Waals surface area contributed by atoms with E-state index in [1.165, 1.54) is 11.8 Å². The fraction of sp³-hybridized carbons (Fsp3) is 0.286. The van der Waals surface area contributed by atoms with Gasteiger partial charge in [0.05, 0.1) is 4.91 Å². The number of hydrogen-bond donors (Lipinski definition) is 0. The number of carbonyl (C=O) groups is 1. The Kier molecular flexibility index (Phi) is 4.82. The molecule has 1 heterocycles. The molecule has 0 radical (unpaired) electrons. The Hall–Kier alpha value is -1.07. The van der Waals surface area contributed by atoms with E-state index in [9.17, 15) is 4.79 Å². The number of carbonyl (C=O) groups excluding carboxylic acids is 1. The lowest BCUT2D eigenvalue weighted by Crippen LogP contribution is -2.28. The summed E-state index contributed by atoms with van der Waals surface area (Å²) in [5.41, 5.74) is 1.01. The summed E-state index contributed by atoms with van der Waals surface area (Å²) in [6, 6.07) is 7.86. The van der Waals surface area contributed by atoms with Gasteiger partial charge in [-0.3, -0.25) is 14.7 Å². The van der Waals surface area contributed by atoms with E-state index in [0.717, 1.165) is 20.1 Å². The lowest BCUT2D eigenvalue weighted by atomic mass is 10.2. The molecule has 1 amide bonds.